The number of nitrogens with one attached hydrogen (secondary N) is 1. The van der Waals surface area contributed by atoms with Crippen molar-refractivity contribution in [1.29, 1.82) is 0 Å². The average molecular weight is 470 g/mol. The molecule has 4 rings (SSSR count). The minimum Gasteiger partial charge on any atom is -0.497 e. The normalized spacial score (nSPS) is 19.9. The van der Waals surface area contributed by atoms with Gasteiger partial charge in [-0.05, 0) is 55.5 Å². The molecule has 9 heteroatoms. The van der Waals surface area contributed by atoms with Crippen LogP contribution in [0.25, 0.3) is 0 Å². The molecule has 33 heavy (non-hydrogen) atoms. The Hall–Kier alpha value is -3.01. The molecule has 1 N–H and O–H groups in total. The van der Waals surface area contributed by atoms with Gasteiger partial charge in [0.1, 0.15) is 5.75 Å². The maximum atomic E-state index is 11.5. The second kappa shape index (κ2) is 10.7. The Morgan fingerprint density at radius 2 is 2.03 bits per heavy atom. The molecule has 1 amide bonds. The Labute approximate surface area is 197 Å². The molecule has 2 atom stereocenters. The molecule has 0 aliphatic carbocycles. The number of imidazole rings is 1. The lowest BCUT2D eigenvalue weighted by Crippen LogP contribution is -2.33. The van der Waals surface area contributed by atoms with Gasteiger partial charge in [0, 0.05) is 34.3 Å². The number of rotatable bonds is 9. The highest BCUT2D eigenvalue weighted by atomic mass is 32.2. The van der Waals surface area contributed by atoms with Crippen LogP contribution < -0.4 is 10.1 Å². The molecule has 3 aromatic rings. The van der Waals surface area contributed by atoms with Crippen LogP contribution in [0.3, 0.4) is 0 Å². The Bertz CT molecular complexity index is 1030. The zero-order chi connectivity index (χ0) is 23.1. The monoisotopic (exact) mass is 469 g/mol. The molecule has 0 spiro atoms. The number of benzene rings is 2. The van der Waals surface area contributed by atoms with Crippen molar-refractivity contribution in [3.8, 4) is 5.75 Å². The van der Waals surface area contributed by atoms with Gasteiger partial charge in [0.15, 0.2) is 0 Å². The maximum absolute atomic E-state index is 11.5. The Balaban J connectivity index is 1.40. The molecule has 2 heterocycles. The van der Waals surface area contributed by atoms with Gasteiger partial charge in [-0.2, -0.15) is 0 Å². The number of carbonyl (C=O) groups excluding carboxylic acids is 1. The highest BCUT2D eigenvalue weighted by molar-refractivity contribution is 7.99. The fourth-order valence-corrected chi connectivity index (χ4v) is 4.42. The van der Waals surface area contributed by atoms with Crippen molar-refractivity contribution in [2.75, 3.05) is 31.4 Å². The molecule has 174 valence electrons. The third kappa shape index (κ3) is 5.87. The minimum absolute atomic E-state index is 0.0852. The Kier molecular flexibility index (Phi) is 7.54. The topological polar surface area (TPSA) is 83.8 Å². The van der Waals surface area contributed by atoms with Crippen LogP contribution in [-0.4, -0.2) is 47.8 Å². The van der Waals surface area contributed by atoms with Gasteiger partial charge in [-0.3, -0.25) is 5.32 Å². The summed E-state index contributed by atoms with van der Waals surface area (Å²) in [6.45, 7) is 3.08. The van der Waals surface area contributed by atoms with Gasteiger partial charge in [0.25, 0.3) is 0 Å². The van der Waals surface area contributed by atoms with E-state index in [0.717, 1.165) is 22.0 Å². The van der Waals surface area contributed by atoms with E-state index in [4.69, 9.17) is 18.9 Å². The number of methoxy groups -OCH3 is 1. The quantitative estimate of drug-likeness (QED) is 0.461. The molecule has 1 aliphatic heterocycles. The SMILES string of the molecule is CCOC(=O)Nc1ccc(SC[C@H]2CO[C@](Cn3ccnc3)(c3ccc(OC)cc3)O2)cc1. The number of anilines is 1. The first-order valence-electron chi connectivity index (χ1n) is 10.7. The molecule has 0 unspecified atom stereocenters. The van der Waals surface area contributed by atoms with E-state index >= 15 is 0 Å². The second-order valence-electron chi connectivity index (χ2n) is 7.45. The van der Waals surface area contributed by atoms with E-state index < -0.39 is 11.9 Å². The predicted octanol–water partition coefficient (Wildman–Crippen LogP) is 4.52. The number of amides is 1. The van der Waals surface area contributed by atoms with Crippen molar-refractivity contribution in [2.24, 2.45) is 0 Å². The summed E-state index contributed by atoms with van der Waals surface area (Å²) in [5, 5.41) is 2.69. The number of aromatic nitrogens is 2. The summed E-state index contributed by atoms with van der Waals surface area (Å²) in [6, 6.07) is 15.4. The standard InChI is InChI=1S/C24H27N3O5S/c1-3-30-23(28)26-19-6-10-22(11-7-19)33-15-21-14-31-24(32-21,16-27-13-12-25-17-27)18-4-8-20(29-2)9-5-18/h4-13,17,21H,3,14-16H2,1-2H3,(H,26,28)/t21-,24+/m1/s1. The smallest absolute Gasteiger partial charge is 0.411 e. The van der Waals surface area contributed by atoms with Crippen LogP contribution in [0.2, 0.25) is 0 Å². The maximum Gasteiger partial charge on any atom is 0.411 e. The molecule has 2 aromatic carbocycles. The second-order valence-corrected chi connectivity index (χ2v) is 8.54. The molecule has 1 aliphatic rings. The van der Waals surface area contributed by atoms with Gasteiger partial charge in [-0.1, -0.05) is 0 Å². The molecule has 0 radical (unpaired) electrons. The summed E-state index contributed by atoms with van der Waals surface area (Å²) < 4.78 is 24.9. The molecular weight excluding hydrogens is 442 g/mol. The van der Waals surface area contributed by atoms with E-state index in [1.54, 1.807) is 38.3 Å². The molecule has 0 bridgehead atoms. The van der Waals surface area contributed by atoms with Crippen LogP contribution in [0.4, 0.5) is 10.5 Å². The van der Waals surface area contributed by atoms with Crippen LogP contribution >= 0.6 is 11.8 Å². The molecule has 1 fully saturated rings. The number of nitrogens with zero attached hydrogens (tertiary/aromatic N) is 2. The lowest BCUT2D eigenvalue weighted by Gasteiger charge is -2.29. The fraction of sp³-hybridized carbons (Fsp3) is 0.333. The van der Waals surface area contributed by atoms with E-state index in [-0.39, 0.29) is 6.10 Å². The van der Waals surface area contributed by atoms with Crippen LogP contribution in [0.1, 0.15) is 12.5 Å². The third-order valence-corrected chi connectivity index (χ3v) is 6.30. The number of hydrogen-bond donors (Lipinski definition) is 1. The summed E-state index contributed by atoms with van der Waals surface area (Å²) in [5.41, 5.74) is 1.62. The minimum atomic E-state index is -0.897. The van der Waals surface area contributed by atoms with Gasteiger partial charge in [-0.25, -0.2) is 9.78 Å². The van der Waals surface area contributed by atoms with Gasteiger partial charge in [-0.15, -0.1) is 11.8 Å². The first kappa shape index (κ1) is 23.2. The van der Waals surface area contributed by atoms with Gasteiger partial charge in [0.05, 0.1) is 39.3 Å². The highest BCUT2D eigenvalue weighted by Crippen LogP contribution is 2.38. The first-order valence-corrected chi connectivity index (χ1v) is 11.7. The van der Waals surface area contributed by atoms with Crippen molar-refractivity contribution in [3.63, 3.8) is 0 Å². The van der Waals surface area contributed by atoms with E-state index in [2.05, 4.69) is 10.3 Å². The van der Waals surface area contributed by atoms with E-state index in [1.807, 2.05) is 59.3 Å². The molecule has 1 aromatic heterocycles. The molecule has 1 saturated heterocycles. The van der Waals surface area contributed by atoms with Crippen LogP contribution in [0.5, 0.6) is 5.75 Å². The van der Waals surface area contributed by atoms with Gasteiger partial charge in [0.2, 0.25) is 5.79 Å². The number of hydrogen-bond acceptors (Lipinski definition) is 7. The number of carbonyl (C=O) groups is 1. The Morgan fingerprint density at radius 3 is 2.70 bits per heavy atom. The van der Waals surface area contributed by atoms with E-state index in [0.29, 0.717) is 25.4 Å². The summed E-state index contributed by atoms with van der Waals surface area (Å²) in [6.07, 6.45) is 4.85. The molecular formula is C24H27N3O5S. The van der Waals surface area contributed by atoms with Crippen LogP contribution in [-0.2, 0) is 26.5 Å². The third-order valence-electron chi connectivity index (χ3n) is 5.15. The largest absolute Gasteiger partial charge is 0.497 e. The summed E-state index contributed by atoms with van der Waals surface area (Å²) in [5.74, 6) is 0.612. The summed E-state index contributed by atoms with van der Waals surface area (Å²) in [4.78, 5) is 16.8. The van der Waals surface area contributed by atoms with Crippen molar-refractivity contribution in [3.05, 3.63) is 72.8 Å². The van der Waals surface area contributed by atoms with Gasteiger partial charge >= 0.3 is 6.09 Å². The highest BCUT2D eigenvalue weighted by Gasteiger charge is 2.43. The lowest BCUT2D eigenvalue weighted by atomic mass is 10.1. The van der Waals surface area contributed by atoms with Crippen molar-refractivity contribution >= 4 is 23.5 Å². The molecule has 8 nitrogen and oxygen atoms in total. The lowest BCUT2D eigenvalue weighted by molar-refractivity contribution is -0.184. The number of ether oxygens (including phenoxy) is 4. The van der Waals surface area contributed by atoms with E-state index in [9.17, 15) is 4.79 Å². The van der Waals surface area contributed by atoms with Crippen molar-refractivity contribution < 1.29 is 23.7 Å². The zero-order valence-corrected chi connectivity index (χ0v) is 19.4. The Morgan fingerprint density at radius 1 is 1.24 bits per heavy atom. The predicted molar refractivity (Wildman–Crippen MR) is 126 cm³/mol. The van der Waals surface area contributed by atoms with Crippen molar-refractivity contribution in [1.82, 2.24) is 9.55 Å². The fourth-order valence-electron chi connectivity index (χ4n) is 3.55. The number of thioether (sulfide) groups is 1. The summed E-state index contributed by atoms with van der Waals surface area (Å²) >= 11 is 1.68. The van der Waals surface area contributed by atoms with Crippen LogP contribution in [0.15, 0.2) is 72.1 Å². The summed E-state index contributed by atoms with van der Waals surface area (Å²) in [7, 11) is 1.64. The van der Waals surface area contributed by atoms with Crippen molar-refractivity contribution in [2.45, 2.75) is 30.3 Å². The zero-order valence-electron chi connectivity index (χ0n) is 18.6. The average Bonchev–Trinajstić information content (AvgIpc) is 3.50. The first-order chi connectivity index (χ1) is 16.1. The van der Waals surface area contributed by atoms with E-state index in [1.165, 1.54) is 0 Å². The molecule has 0 saturated carbocycles. The van der Waals surface area contributed by atoms with Gasteiger partial charge < -0.3 is 23.5 Å². The van der Waals surface area contributed by atoms with Crippen LogP contribution in [0, 0.1) is 0 Å².